The Hall–Kier alpha value is -4.52. The number of halogens is 3. The SMILES string of the molecule is CC(=O)c1cn(CC(=O)N2CC(F)CC2C(=O)NCc2cccc(Cl)c2F)c2cc(C(=O)NC3CCN(C(=O)OC(C)(C)C)C3)ccc12. The Labute approximate surface area is 281 Å². The number of hydrogen-bond donors (Lipinski definition) is 2. The van der Waals surface area contributed by atoms with Crippen molar-refractivity contribution in [3.63, 3.8) is 0 Å². The lowest BCUT2D eigenvalue weighted by atomic mass is 10.1. The van der Waals surface area contributed by atoms with Gasteiger partial charge in [0.05, 0.1) is 17.1 Å². The van der Waals surface area contributed by atoms with Crippen LogP contribution < -0.4 is 10.6 Å². The third kappa shape index (κ3) is 7.78. The largest absolute Gasteiger partial charge is 0.444 e. The molecule has 256 valence electrons. The van der Waals surface area contributed by atoms with Crippen LogP contribution in [0.3, 0.4) is 0 Å². The zero-order valence-electron chi connectivity index (χ0n) is 27.1. The van der Waals surface area contributed by atoms with E-state index in [4.69, 9.17) is 16.3 Å². The van der Waals surface area contributed by atoms with Crippen LogP contribution in [0.2, 0.25) is 5.02 Å². The molecule has 0 aliphatic carbocycles. The predicted octanol–water partition coefficient (Wildman–Crippen LogP) is 4.63. The molecule has 0 spiro atoms. The molecule has 4 amide bonds. The van der Waals surface area contributed by atoms with Gasteiger partial charge in [0.2, 0.25) is 11.8 Å². The van der Waals surface area contributed by atoms with Gasteiger partial charge in [0.15, 0.2) is 5.78 Å². The van der Waals surface area contributed by atoms with E-state index in [-0.39, 0.29) is 60.6 Å². The number of nitrogens with zero attached hydrogens (tertiary/aromatic N) is 3. The minimum atomic E-state index is -1.45. The maximum absolute atomic E-state index is 14.6. The van der Waals surface area contributed by atoms with Gasteiger partial charge in [-0.3, -0.25) is 19.2 Å². The molecule has 2 saturated heterocycles. The number of fused-ring (bicyclic) bond motifs is 1. The maximum atomic E-state index is 14.6. The second kappa shape index (κ2) is 13.9. The zero-order chi connectivity index (χ0) is 34.9. The quantitative estimate of drug-likeness (QED) is 0.333. The molecule has 14 heteroatoms. The first kappa shape index (κ1) is 34.8. The lowest BCUT2D eigenvalue weighted by Crippen LogP contribution is -2.46. The Morgan fingerprint density at radius 2 is 1.83 bits per heavy atom. The van der Waals surface area contributed by atoms with Crippen LogP contribution in [-0.4, -0.2) is 87.5 Å². The van der Waals surface area contributed by atoms with Gasteiger partial charge in [-0.25, -0.2) is 13.6 Å². The van der Waals surface area contributed by atoms with E-state index in [0.29, 0.717) is 29.4 Å². The normalized spacial score (nSPS) is 19.4. The monoisotopic (exact) mass is 685 g/mol. The fourth-order valence-corrected chi connectivity index (χ4v) is 6.21. The molecule has 3 heterocycles. The molecule has 0 saturated carbocycles. The lowest BCUT2D eigenvalue weighted by Gasteiger charge is -2.24. The topological polar surface area (TPSA) is 130 Å². The summed E-state index contributed by atoms with van der Waals surface area (Å²) in [6, 6.07) is 7.72. The Bertz CT molecular complexity index is 1770. The van der Waals surface area contributed by atoms with Crippen LogP contribution in [0.1, 0.15) is 66.8 Å². The molecule has 2 N–H and O–H groups in total. The number of carbonyl (C=O) groups excluding carboxylic acids is 5. The highest BCUT2D eigenvalue weighted by atomic mass is 35.5. The molecule has 3 atom stereocenters. The first-order valence-corrected chi connectivity index (χ1v) is 16.1. The Morgan fingerprint density at radius 1 is 1.08 bits per heavy atom. The van der Waals surface area contributed by atoms with E-state index >= 15 is 0 Å². The number of aromatic nitrogens is 1. The summed E-state index contributed by atoms with van der Waals surface area (Å²) in [4.78, 5) is 67.5. The van der Waals surface area contributed by atoms with E-state index in [1.165, 1.54) is 35.9 Å². The summed E-state index contributed by atoms with van der Waals surface area (Å²) in [6.45, 7) is 6.60. The molecule has 2 aromatic carbocycles. The lowest BCUT2D eigenvalue weighted by molar-refractivity contribution is -0.139. The zero-order valence-corrected chi connectivity index (χ0v) is 27.9. The molecular formula is C34H38ClF2N5O6. The fourth-order valence-electron chi connectivity index (χ4n) is 6.01. The summed E-state index contributed by atoms with van der Waals surface area (Å²) in [5, 5.41) is 5.93. The van der Waals surface area contributed by atoms with Gasteiger partial charge in [-0.15, -0.1) is 0 Å². The molecular weight excluding hydrogens is 648 g/mol. The van der Waals surface area contributed by atoms with E-state index in [2.05, 4.69) is 10.6 Å². The number of nitrogens with one attached hydrogen (secondary N) is 2. The molecule has 3 unspecified atom stereocenters. The Morgan fingerprint density at radius 3 is 2.54 bits per heavy atom. The van der Waals surface area contributed by atoms with E-state index in [1.54, 1.807) is 43.9 Å². The Balaban J connectivity index is 1.30. The van der Waals surface area contributed by atoms with Gasteiger partial charge >= 0.3 is 6.09 Å². The highest BCUT2D eigenvalue weighted by Crippen LogP contribution is 2.27. The average Bonchev–Trinajstić information content (AvgIpc) is 3.74. The molecule has 5 rings (SSSR count). The summed E-state index contributed by atoms with van der Waals surface area (Å²) >= 11 is 5.82. The van der Waals surface area contributed by atoms with Crippen molar-refractivity contribution in [2.45, 2.75) is 77.5 Å². The second-order valence-corrected chi connectivity index (χ2v) is 13.6. The summed E-state index contributed by atoms with van der Waals surface area (Å²) in [6.07, 6.45) is -0.0775. The predicted molar refractivity (Wildman–Crippen MR) is 174 cm³/mol. The maximum Gasteiger partial charge on any atom is 0.410 e. The van der Waals surface area contributed by atoms with Gasteiger partial charge in [-0.05, 0) is 52.3 Å². The molecule has 1 aromatic heterocycles. The van der Waals surface area contributed by atoms with E-state index in [9.17, 15) is 32.8 Å². The molecule has 0 radical (unpaired) electrons. The summed E-state index contributed by atoms with van der Waals surface area (Å²) in [5.41, 5.74) is 0.534. The summed E-state index contributed by atoms with van der Waals surface area (Å²) < 4.78 is 35.9. The van der Waals surface area contributed by atoms with E-state index < -0.39 is 47.4 Å². The number of amides is 4. The van der Waals surface area contributed by atoms with Gasteiger partial charge in [0, 0.05) is 60.4 Å². The minimum absolute atomic E-state index is 0.101. The molecule has 2 aliphatic rings. The number of ether oxygens (including phenoxy) is 1. The van der Waals surface area contributed by atoms with Crippen molar-refractivity contribution >= 4 is 52.1 Å². The van der Waals surface area contributed by atoms with E-state index in [1.807, 2.05) is 0 Å². The molecule has 2 fully saturated rings. The van der Waals surface area contributed by atoms with Crippen LogP contribution in [0.5, 0.6) is 0 Å². The number of hydrogen-bond acceptors (Lipinski definition) is 6. The van der Waals surface area contributed by atoms with E-state index in [0.717, 1.165) is 4.90 Å². The van der Waals surface area contributed by atoms with Crippen molar-refractivity contribution in [1.29, 1.82) is 0 Å². The summed E-state index contributed by atoms with van der Waals surface area (Å²) in [7, 11) is 0. The number of likely N-dealkylation sites (tertiary alicyclic amines) is 2. The van der Waals surface area contributed by atoms with Crippen LogP contribution in [0, 0.1) is 5.82 Å². The Kier molecular flexibility index (Phi) is 10.1. The average molecular weight is 686 g/mol. The molecule has 0 bridgehead atoms. The third-order valence-corrected chi connectivity index (χ3v) is 8.65. The number of rotatable bonds is 8. The first-order chi connectivity index (χ1) is 22.6. The van der Waals surface area contributed by atoms with Crippen molar-refractivity contribution in [3.05, 3.63) is 70.1 Å². The van der Waals surface area contributed by atoms with Crippen molar-refractivity contribution in [3.8, 4) is 0 Å². The molecule has 3 aromatic rings. The van der Waals surface area contributed by atoms with Gasteiger partial charge in [-0.2, -0.15) is 0 Å². The number of carbonyl (C=O) groups is 5. The van der Waals surface area contributed by atoms with Crippen LogP contribution in [0.15, 0.2) is 42.6 Å². The number of benzene rings is 2. The van der Waals surface area contributed by atoms with Gasteiger partial charge in [-0.1, -0.05) is 29.8 Å². The smallest absolute Gasteiger partial charge is 0.410 e. The number of Topliss-reactive ketones (excluding diaryl/α,β-unsaturated/α-hetero) is 1. The molecule has 11 nitrogen and oxygen atoms in total. The number of ketones is 1. The molecule has 2 aliphatic heterocycles. The van der Waals surface area contributed by atoms with Gasteiger partial charge in [0.1, 0.15) is 30.2 Å². The van der Waals surface area contributed by atoms with Crippen molar-refractivity contribution in [1.82, 2.24) is 25.0 Å². The number of alkyl halides is 1. The molecule has 48 heavy (non-hydrogen) atoms. The summed E-state index contributed by atoms with van der Waals surface area (Å²) in [5.74, 6) is -2.54. The van der Waals surface area contributed by atoms with Crippen molar-refractivity contribution in [2.24, 2.45) is 0 Å². The highest BCUT2D eigenvalue weighted by molar-refractivity contribution is 6.30. The van der Waals surface area contributed by atoms with Gasteiger partial charge < -0.3 is 29.7 Å². The second-order valence-electron chi connectivity index (χ2n) is 13.2. The van der Waals surface area contributed by atoms with Crippen LogP contribution >= 0.6 is 11.6 Å². The van der Waals surface area contributed by atoms with Crippen molar-refractivity contribution < 1.29 is 37.5 Å². The van der Waals surface area contributed by atoms with Crippen LogP contribution in [0.25, 0.3) is 10.9 Å². The first-order valence-electron chi connectivity index (χ1n) is 15.7. The minimum Gasteiger partial charge on any atom is -0.444 e. The van der Waals surface area contributed by atoms with Crippen LogP contribution in [-0.2, 0) is 27.4 Å². The standard InChI is InChI=1S/C34H38ClF2N5O6/c1-19(43)25-17-41(18-29(44)42-15-22(36)13-28(42)32(46)38-14-21-6-5-7-26(35)30(21)37)27-12-20(8-9-24(25)27)31(45)39-23-10-11-40(16-23)33(47)48-34(2,3)4/h5-9,12,17,22-23,28H,10-11,13-16,18H2,1-4H3,(H,38,46)(H,39,45). The highest BCUT2D eigenvalue weighted by Gasteiger charge is 2.40. The van der Waals surface area contributed by atoms with Crippen molar-refractivity contribution in [2.75, 3.05) is 19.6 Å². The van der Waals surface area contributed by atoms with Crippen LogP contribution in [0.4, 0.5) is 13.6 Å². The fraction of sp³-hybridized carbons (Fsp3) is 0.441. The van der Waals surface area contributed by atoms with Gasteiger partial charge in [0.25, 0.3) is 5.91 Å². The third-order valence-electron chi connectivity index (χ3n) is 8.36.